The minimum absolute atomic E-state index is 0.296. The summed E-state index contributed by atoms with van der Waals surface area (Å²) in [5, 5.41) is 10.00. The van der Waals surface area contributed by atoms with Crippen molar-refractivity contribution < 1.29 is 9.52 Å². The Kier molecular flexibility index (Phi) is 5.53. The molecule has 1 unspecified atom stereocenters. The number of likely N-dealkylation sites (N-methyl/N-ethyl adjacent to an activating group) is 1. The first-order valence-electron chi connectivity index (χ1n) is 4.72. The van der Waals surface area contributed by atoms with Gasteiger partial charge in [-0.1, -0.05) is 0 Å². The fourth-order valence-electron chi connectivity index (χ4n) is 1.20. The van der Waals surface area contributed by atoms with Crippen LogP contribution in [0.5, 0.6) is 0 Å². The van der Waals surface area contributed by atoms with E-state index in [1.54, 1.807) is 17.8 Å². The third kappa shape index (κ3) is 5.47. The molecule has 0 bridgehead atoms. The van der Waals surface area contributed by atoms with E-state index >= 15 is 0 Å². The molecule has 1 atom stereocenters. The van der Waals surface area contributed by atoms with Crippen molar-refractivity contribution in [2.45, 2.75) is 11.9 Å². The van der Waals surface area contributed by atoms with Crippen LogP contribution in [0.4, 0.5) is 0 Å². The Morgan fingerprint density at radius 3 is 2.80 bits per heavy atom. The summed E-state index contributed by atoms with van der Waals surface area (Å²) in [4.78, 5) is 1.97. The first kappa shape index (κ1) is 12.9. The Hall–Kier alpha value is -0.160. The topological polar surface area (TPSA) is 36.6 Å². The lowest BCUT2D eigenvalue weighted by atomic mass is 10.4. The summed E-state index contributed by atoms with van der Waals surface area (Å²) in [6.45, 7) is 0.686. The zero-order valence-corrected chi connectivity index (χ0v) is 10.5. The highest BCUT2D eigenvalue weighted by molar-refractivity contribution is 7.98. The summed E-state index contributed by atoms with van der Waals surface area (Å²) in [7, 11) is 3.89. The van der Waals surface area contributed by atoms with Crippen LogP contribution in [0.1, 0.15) is 5.76 Å². The monoisotopic (exact) mass is 249 g/mol. The Morgan fingerprint density at radius 1 is 1.53 bits per heavy atom. The van der Waals surface area contributed by atoms with Gasteiger partial charge in [-0.15, -0.1) is 0 Å². The van der Waals surface area contributed by atoms with Crippen LogP contribution in [0.15, 0.2) is 16.5 Å². The molecule has 0 aliphatic carbocycles. The SMILES string of the molecule is CN(C)CC(O)CSCc1ccc(Cl)o1. The van der Waals surface area contributed by atoms with E-state index in [2.05, 4.69) is 0 Å². The third-order valence-electron chi connectivity index (χ3n) is 1.76. The lowest BCUT2D eigenvalue weighted by molar-refractivity contribution is 0.158. The normalized spacial score (nSPS) is 13.4. The first-order valence-corrected chi connectivity index (χ1v) is 6.26. The van der Waals surface area contributed by atoms with Gasteiger partial charge < -0.3 is 14.4 Å². The van der Waals surface area contributed by atoms with Gasteiger partial charge in [-0.05, 0) is 37.8 Å². The summed E-state index contributed by atoms with van der Waals surface area (Å²) in [6.07, 6.45) is -0.296. The van der Waals surface area contributed by atoms with Crippen molar-refractivity contribution in [3.05, 3.63) is 23.1 Å². The van der Waals surface area contributed by atoms with Crippen LogP contribution in [0.3, 0.4) is 0 Å². The minimum atomic E-state index is -0.296. The zero-order chi connectivity index (χ0) is 11.3. The second-order valence-corrected chi connectivity index (χ2v) is 5.04. The predicted octanol–water partition coefficient (Wildman–Crippen LogP) is 2.09. The second-order valence-electron chi connectivity index (χ2n) is 3.64. The van der Waals surface area contributed by atoms with Crippen molar-refractivity contribution in [3.63, 3.8) is 0 Å². The zero-order valence-electron chi connectivity index (χ0n) is 8.94. The Morgan fingerprint density at radius 2 is 2.27 bits per heavy atom. The van der Waals surface area contributed by atoms with E-state index in [0.29, 0.717) is 17.5 Å². The van der Waals surface area contributed by atoms with Gasteiger partial charge in [0.05, 0.1) is 11.9 Å². The molecular weight excluding hydrogens is 234 g/mol. The molecule has 1 aromatic rings. The number of thioether (sulfide) groups is 1. The molecular formula is C10H16ClNO2S. The third-order valence-corrected chi connectivity index (χ3v) is 3.07. The van der Waals surface area contributed by atoms with Crippen LogP contribution in [-0.4, -0.2) is 42.5 Å². The van der Waals surface area contributed by atoms with Gasteiger partial charge in [0.15, 0.2) is 5.22 Å². The first-order chi connectivity index (χ1) is 7.08. The molecule has 0 amide bonds. The summed E-state index contributed by atoms with van der Waals surface area (Å²) in [5.41, 5.74) is 0. The molecule has 1 aromatic heterocycles. The number of rotatable bonds is 6. The molecule has 86 valence electrons. The lowest BCUT2D eigenvalue weighted by Gasteiger charge is -2.14. The van der Waals surface area contributed by atoms with Crippen LogP contribution < -0.4 is 0 Å². The van der Waals surface area contributed by atoms with E-state index < -0.39 is 0 Å². The molecule has 0 saturated carbocycles. The highest BCUT2D eigenvalue weighted by Gasteiger charge is 2.06. The molecule has 1 N–H and O–H groups in total. The summed E-state index contributed by atoms with van der Waals surface area (Å²) in [5.74, 6) is 2.30. The minimum Gasteiger partial charge on any atom is -0.449 e. The van der Waals surface area contributed by atoms with Crippen molar-refractivity contribution >= 4 is 23.4 Å². The molecule has 1 heterocycles. The van der Waals surface area contributed by atoms with Gasteiger partial charge in [0.2, 0.25) is 0 Å². The van der Waals surface area contributed by atoms with Gasteiger partial charge in [-0.3, -0.25) is 0 Å². The molecule has 0 fully saturated rings. The van der Waals surface area contributed by atoms with Crippen LogP contribution in [0.25, 0.3) is 0 Å². The standard InChI is InChI=1S/C10H16ClNO2S/c1-12(2)5-8(13)6-15-7-9-3-4-10(11)14-9/h3-4,8,13H,5-7H2,1-2H3. The number of halogens is 1. The maximum Gasteiger partial charge on any atom is 0.193 e. The van der Waals surface area contributed by atoms with Crippen molar-refractivity contribution in [1.82, 2.24) is 4.90 Å². The summed E-state index contributed by atoms with van der Waals surface area (Å²) >= 11 is 7.28. The predicted molar refractivity (Wildman–Crippen MR) is 64.4 cm³/mol. The fourth-order valence-corrected chi connectivity index (χ4v) is 2.21. The largest absolute Gasteiger partial charge is 0.449 e. The van der Waals surface area contributed by atoms with Gasteiger partial charge in [-0.2, -0.15) is 11.8 Å². The maximum atomic E-state index is 9.58. The molecule has 0 saturated heterocycles. The molecule has 5 heteroatoms. The molecule has 0 aromatic carbocycles. The van der Waals surface area contributed by atoms with E-state index in [4.69, 9.17) is 16.0 Å². The van der Waals surface area contributed by atoms with Crippen LogP contribution >= 0.6 is 23.4 Å². The molecule has 0 aliphatic heterocycles. The number of nitrogens with zero attached hydrogens (tertiary/aromatic N) is 1. The van der Waals surface area contributed by atoms with E-state index in [1.807, 2.05) is 25.1 Å². The van der Waals surface area contributed by atoms with Gasteiger partial charge in [0, 0.05) is 12.3 Å². The van der Waals surface area contributed by atoms with Crippen LogP contribution in [-0.2, 0) is 5.75 Å². The number of hydrogen-bond acceptors (Lipinski definition) is 4. The molecule has 0 aliphatic rings. The molecule has 1 rings (SSSR count). The van der Waals surface area contributed by atoms with E-state index in [1.165, 1.54) is 0 Å². The highest BCUT2D eigenvalue weighted by Crippen LogP contribution is 2.18. The van der Waals surface area contributed by atoms with Gasteiger partial charge in [0.1, 0.15) is 5.76 Å². The Bertz CT molecular complexity index is 291. The van der Waals surface area contributed by atoms with Gasteiger partial charge >= 0.3 is 0 Å². The highest BCUT2D eigenvalue weighted by atomic mass is 35.5. The number of hydrogen-bond donors (Lipinski definition) is 1. The maximum absolute atomic E-state index is 9.58. The average molecular weight is 250 g/mol. The molecule has 0 radical (unpaired) electrons. The van der Waals surface area contributed by atoms with E-state index in [0.717, 1.165) is 11.5 Å². The fraction of sp³-hybridized carbons (Fsp3) is 0.600. The van der Waals surface area contributed by atoms with Crippen molar-refractivity contribution in [2.24, 2.45) is 0 Å². The smallest absolute Gasteiger partial charge is 0.193 e. The summed E-state index contributed by atoms with van der Waals surface area (Å²) in [6, 6.07) is 3.58. The average Bonchev–Trinajstić information content (AvgIpc) is 2.50. The van der Waals surface area contributed by atoms with Gasteiger partial charge in [-0.25, -0.2) is 0 Å². The van der Waals surface area contributed by atoms with Crippen LogP contribution in [0, 0.1) is 0 Å². The summed E-state index contributed by atoms with van der Waals surface area (Å²) < 4.78 is 5.20. The van der Waals surface area contributed by atoms with E-state index in [-0.39, 0.29) is 6.10 Å². The van der Waals surface area contributed by atoms with Gasteiger partial charge in [0.25, 0.3) is 0 Å². The van der Waals surface area contributed by atoms with Crippen molar-refractivity contribution in [3.8, 4) is 0 Å². The Balaban J connectivity index is 2.16. The number of aliphatic hydroxyl groups is 1. The quantitative estimate of drug-likeness (QED) is 0.838. The van der Waals surface area contributed by atoms with Crippen LogP contribution in [0.2, 0.25) is 5.22 Å². The molecule has 3 nitrogen and oxygen atoms in total. The lowest BCUT2D eigenvalue weighted by Crippen LogP contribution is -2.27. The Labute approximate surface area is 99.4 Å². The number of furan rings is 1. The number of aliphatic hydroxyl groups excluding tert-OH is 1. The second kappa shape index (κ2) is 6.43. The molecule has 15 heavy (non-hydrogen) atoms. The van der Waals surface area contributed by atoms with Crippen molar-refractivity contribution in [2.75, 3.05) is 26.4 Å². The van der Waals surface area contributed by atoms with Crippen molar-refractivity contribution in [1.29, 1.82) is 0 Å². The molecule has 0 spiro atoms. The van der Waals surface area contributed by atoms with E-state index in [9.17, 15) is 5.11 Å².